The van der Waals surface area contributed by atoms with Gasteiger partial charge in [0.2, 0.25) is 0 Å². The van der Waals surface area contributed by atoms with E-state index in [9.17, 15) is 18.0 Å². The minimum absolute atomic E-state index is 0.0370. The van der Waals surface area contributed by atoms with Crippen LogP contribution in [0.1, 0.15) is 40.0 Å². The van der Waals surface area contributed by atoms with Gasteiger partial charge in [-0.25, -0.2) is 4.98 Å². The third kappa shape index (κ3) is 3.91. The van der Waals surface area contributed by atoms with Crippen molar-refractivity contribution in [2.24, 2.45) is 0 Å². The number of nitrogens with zero attached hydrogens (tertiary/aromatic N) is 3. The number of carbonyl (C=O) groups excluding carboxylic acids is 1. The molecule has 2 aliphatic rings. The number of benzene rings is 1. The number of nitrogens with one attached hydrogen (secondary N) is 1. The summed E-state index contributed by atoms with van der Waals surface area (Å²) in [5.41, 5.74) is 7.89. The molecule has 0 saturated carbocycles. The van der Waals surface area contributed by atoms with Crippen molar-refractivity contribution >= 4 is 11.7 Å². The number of nitrogen functional groups attached to an aromatic ring is 1. The fourth-order valence-electron chi connectivity index (χ4n) is 4.50. The number of fused-ring (bicyclic) bond motifs is 3. The van der Waals surface area contributed by atoms with E-state index >= 15 is 0 Å². The van der Waals surface area contributed by atoms with Crippen molar-refractivity contribution in [2.75, 3.05) is 18.9 Å². The van der Waals surface area contributed by atoms with Crippen molar-refractivity contribution in [3.63, 3.8) is 0 Å². The van der Waals surface area contributed by atoms with Crippen LogP contribution in [0.5, 0.6) is 11.5 Å². The summed E-state index contributed by atoms with van der Waals surface area (Å²) in [5, 5.41) is 7.69. The molecule has 11 heteroatoms. The van der Waals surface area contributed by atoms with Crippen LogP contribution >= 0.6 is 0 Å². The molecule has 0 fully saturated rings. The molecule has 0 aliphatic carbocycles. The van der Waals surface area contributed by atoms with Gasteiger partial charge in [0.25, 0.3) is 5.91 Å². The van der Waals surface area contributed by atoms with Gasteiger partial charge in [0.1, 0.15) is 22.9 Å². The Morgan fingerprint density at radius 3 is 2.85 bits per heavy atom. The summed E-state index contributed by atoms with van der Waals surface area (Å²) in [6.45, 7) is 0.863. The molecule has 4 heterocycles. The van der Waals surface area contributed by atoms with Gasteiger partial charge in [0, 0.05) is 24.2 Å². The summed E-state index contributed by atoms with van der Waals surface area (Å²) in [5.74, 6) is 0.723. The fourth-order valence-corrected chi connectivity index (χ4v) is 4.50. The largest absolute Gasteiger partial charge is 0.493 e. The molecule has 2 aliphatic heterocycles. The van der Waals surface area contributed by atoms with Gasteiger partial charge < -0.3 is 20.5 Å². The molecular formula is C23H22F3N5O3. The molecule has 5 rings (SSSR count). The number of nitrogens with two attached hydrogens (primary N) is 1. The monoisotopic (exact) mass is 473 g/mol. The van der Waals surface area contributed by atoms with E-state index in [-0.39, 0.29) is 17.5 Å². The number of aromatic nitrogens is 3. The lowest BCUT2D eigenvalue weighted by molar-refractivity contribution is -0.153. The molecule has 34 heavy (non-hydrogen) atoms. The average Bonchev–Trinajstić information content (AvgIpc) is 3.01. The summed E-state index contributed by atoms with van der Waals surface area (Å²) >= 11 is 0. The van der Waals surface area contributed by atoms with E-state index in [2.05, 4.69) is 15.4 Å². The molecule has 0 unspecified atom stereocenters. The Labute approximate surface area is 192 Å². The maximum atomic E-state index is 13.2. The van der Waals surface area contributed by atoms with E-state index in [1.165, 1.54) is 16.8 Å². The van der Waals surface area contributed by atoms with Crippen LogP contribution in [0.3, 0.4) is 0 Å². The Hall–Kier alpha value is -3.76. The molecule has 0 saturated heterocycles. The second kappa shape index (κ2) is 7.93. The third-order valence-corrected chi connectivity index (χ3v) is 6.03. The number of amides is 1. The zero-order chi connectivity index (χ0) is 24.1. The van der Waals surface area contributed by atoms with Crippen molar-refractivity contribution < 1.29 is 27.4 Å². The number of aryl methyl sites for hydroxylation is 1. The van der Waals surface area contributed by atoms with Crippen LogP contribution in [0, 0.1) is 6.92 Å². The first-order chi connectivity index (χ1) is 16.2. The number of halogens is 3. The molecular weight excluding hydrogens is 451 g/mol. The predicted octanol–water partition coefficient (Wildman–Crippen LogP) is 3.45. The third-order valence-electron chi connectivity index (χ3n) is 6.03. The first-order valence-electron chi connectivity index (χ1n) is 10.7. The van der Waals surface area contributed by atoms with Gasteiger partial charge in [0.05, 0.1) is 17.8 Å². The van der Waals surface area contributed by atoms with Crippen LogP contribution in [-0.4, -0.2) is 40.1 Å². The average molecular weight is 473 g/mol. The predicted molar refractivity (Wildman–Crippen MR) is 116 cm³/mol. The van der Waals surface area contributed by atoms with Crippen molar-refractivity contribution in [1.82, 2.24) is 20.1 Å². The molecule has 8 nitrogen and oxygen atoms in total. The van der Waals surface area contributed by atoms with Gasteiger partial charge in [0.15, 0.2) is 12.4 Å². The zero-order valence-electron chi connectivity index (χ0n) is 18.3. The van der Waals surface area contributed by atoms with Gasteiger partial charge in [-0.15, -0.1) is 0 Å². The Kier molecular flexibility index (Phi) is 5.14. The molecule has 1 aromatic carbocycles. The molecule has 0 radical (unpaired) electrons. The maximum Gasteiger partial charge on any atom is 0.422 e. The minimum Gasteiger partial charge on any atom is -0.493 e. The highest BCUT2D eigenvalue weighted by Gasteiger charge is 2.45. The lowest BCUT2D eigenvalue weighted by Crippen LogP contribution is -2.51. The molecule has 0 bridgehead atoms. The Morgan fingerprint density at radius 2 is 2.12 bits per heavy atom. The van der Waals surface area contributed by atoms with Crippen LogP contribution in [-0.2, 0) is 12.0 Å². The number of alkyl halides is 3. The molecule has 3 aromatic rings. The second-order valence-corrected chi connectivity index (χ2v) is 8.54. The molecule has 2 aromatic heterocycles. The maximum absolute atomic E-state index is 13.2. The summed E-state index contributed by atoms with van der Waals surface area (Å²) in [7, 11) is 0. The number of pyridine rings is 1. The van der Waals surface area contributed by atoms with Crippen LogP contribution in [0.4, 0.5) is 19.0 Å². The van der Waals surface area contributed by atoms with Crippen molar-refractivity contribution in [3.05, 3.63) is 58.9 Å². The van der Waals surface area contributed by atoms with Crippen LogP contribution in [0.15, 0.2) is 36.5 Å². The van der Waals surface area contributed by atoms with Gasteiger partial charge in [-0.2, -0.15) is 23.0 Å². The van der Waals surface area contributed by atoms with Gasteiger partial charge in [-0.3, -0.25) is 4.79 Å². The summed E-state index contributed by atoms with van der Waals surface area (Å²) in [4.78, 5) is 17.6. The van der Waals surface area contributed by atoms with Crippen LogP contribution in [0.2, 0.25) is 0 Å². The van der Waals surface area contributed by atoms with Crippen molar-refractivity contribution in [1.29, 1.82) is 0 Å². The van der Waals surface area contributed by atoms with Crippen LogP contribution < -0.4 is 20.5 Å². The Morgan fingerprint density at radius 1 is 1.29 bits per heavy atom. The van der Waals surface area contributed by atoms with E-state index in [4.69, 9.17) is 15.2 Å². The van der Waals surface area contributed by atoms with Gasteiger partial charge >= 0.3 is 6.18 Å². The highest BCUT2D eigenvalue weighted by atomic mass is 19.4. The standard InChI is InChI=1S/C23H22F3N5O3/c1-13-3-6-18(28-11-13)31-20(27)19-16(30-31)10-22(29-21(19)32)7-2-8-33-17-9-14(4-5-15(17)22)34-12-23(24,25)26/h3-6,9,11H,2,7-8,10,12,27H2,1H3,(H,29,32)/t22-/m0/s1. The van der Waals surface area contributed by atoms with E-state index in [0.717, 1.165) is 5.56 Å². The summed E-state index contributed by atoms with van der Waals surface area (Å²) in [6.07, 6.45) is -1.24. The number of hydrogen-bond acceptors (Lipinski definition) is 6. The first-order valence-corrected chi connectivity index (χ1v) is 10.7. The van der Waals surface area contributed by atoms with Crippen LogP contribution in [0.25, 0.3) is 5.82 Å². The summed E-state index contributed by atoms with van der Waals surface area (Å²) < 4.78 is 49.8. The smallest absolute Gasteiger partial charge is 0.422 e. The number of ether oxygens (including phenoxy) is 2. The van der Waals surface area contributed by atoms with E-state index in [1.807, 2.05) is 13.0 Å². The quantitative estimate of drug-likeness (QED) is 0.604. The Bertz CT molecular complexity index is 1260. The van der Waals surface area contributed by atoms with E-state index < -0.39 is 18.3 Å². The zero-order valence-corrected chi connectivity index (χ0v) is 18.3. The first kappa shape index (κ1) is 22.1. The van der Waals surface area contributed by atoms with E-state index in [1.54, 1.807) is 18.3 Å². The highest BCUT2D eigenvalue weighted by Crippen LogP contribution is 2.44. The highest BCUT2D eigenvalue weighted by molar-refractivity contribution is 6.01. The normalized spacial score (nSPS) is 19.6. The molecule has 178 valence electrons. The van der Waals surface area contributed by atoms with E-state index in [0.29, 0.717) is 54.3 Å². The topological polar surface area (TPSA) is 104 Å². The Balaban J connectivity index is 1.52. The number of carbonyl (C=O) groups is 1. The molecule has 1 spiro atoms. The second-order valence-electron chi connectivity index (χ2n) is 8.54. The molecule has 1 atom stereocenters. The van der Waals surface area contributed by atoms with Crippen molar-refractivity contribution in [3.8, 4) is 17.3 Å². The lowest BCUT2D eigenvalue weighted by Gasteiger charge is -2.37. The van der Waals surface area contributed by atoms with Gasteiger partial charge in [-0.05, 0) is 43.5 Å². The van der Waals surface area contributed by atoms with Gasteiger partial charge in [-0.1, -0.05) is 6.07 Å². The number of hydrogen-bond donors (Lipinski definition) is 2. The molecule has 3 N–H and O–H groups in total. The van der Waals surface area contributed by atoms with Crippen molar-refractivity contribution in [2.45, 2.75) is 37.9 Å². The fraction of sp³-hybridized carbons (Fsp3) is 0.348. The summed E-state index contributed by atoms with van der Waals surface area (Å²) in [6, 6.07) is 8.17. The SMILES string of the molecule is Cc1ccc(-n2nc3c(c2N)C(=O)N[C@@]2(CCCOc4cc(OCC(F)(F)F)ccc42)C3)nc1. The minimum atomic E-state index is -4.45. The number of anilines is 1. The lowest BCUT2D eigenvalue weighted by atomic mass is 9.78. The number of rotatable bonds is 3. The molecule has 1 amide bonds.